The maximum absolute atomic E-state index is 12.6. The second kappa shape index (κ2) is 3.84. The molecule has 4 nitrogen and oxygen atoms in total. The summed E-state index contributed by atoms with van der Waals surface area (Å²) in [4.78, 5) is 24.5. The molecule has 104 valence electrons. The summed E-state index contributed by atoms with van der Waals surface area (Å²) in [6.45, 7) is 0. The zero-order chi connectivity index (χ0) is 14.0. The van der Waals surface area contributed by atoms with E-state index in [4.69, 9.17) is 0 Å². The first kappa shape index (κ1) is 11.9. The maximum atomic E-state index is 12.6. The van der Waals surface area contributed by atoms with Crippen molar-refractivity contribution < 1.29 is 4.79 Å². The van der Waals surface area contributed by atoms with Crippen LogP contribution >= 0.6 is 0 Å². The number of nitrogens with zero attached hydrogens (tertiary/aromatic N) is 2. The molecule has 2 aliphatic carbocycles. The van der Waals surface area contributed by atoms with E-state index in [-0.39, 0.29) is 17.4 Å². The Kier molecular flexibility index (Phi) is 2.29. The number of Topliss-reactive ketones (excluding diaryl/α,β-unsaturated/α-hetero) is 1. The van der Waals surface area contributed by atoms with Gasteiger partial charge in [0.05, 0.1) is 11.0 Å². The van der Waals surface area contributed by atoms with Gasteiger partial charge in [0.1, 0.15) is 0 Å². The van der Waals surface area contributed by atoms with Crippen molar-refractivity contribution in [1.82, 2.24) is 9.13 Å². The van der Waals surface area contributed by atoms with Crippen LogP contribution < -0.4 is 5.69 Å². The fourth-order valence-corrected chi connectivity index (χ4v) is 3.82. The van der Waals surface area contributed by atoms with Crippen LogP contribution in [0.15, 0.2) is 23.0 Å². The molecule has 0 spiro atoms. The molecule has 0 bridgehead atoms. The summed E-state index contributed by atoms with van der Waals surface area (Å²) < 4.78 is 3.23. The molecule has 0 amide bonds. The minimum atomic E-state index is -0.0493. The molecule has 4 heteroatoms. The third kappa shape index (κ3) is 1.54. The van der Waals surface area contributed by atoms with Gasteiger partial charge in [-0.1, -0.05) is 0 Å². The number of rotatable bonds is 2. The van der Waals surface area contributed by atoms with Crippen LogP contribution in [0.25, 0.3) is 11.0 Å². The van der Waals surface area contributed by atoms with Crippen LogP contribution in [0.5, 0.6) is 0 Å². The van der Waals surface area contributed by atoms with Gasteiger partial charge in [-0.05, 0) is 49.3 Å². The number of carbonyl (C=O) groups is 1. The number of imidazole rings is 1. The fourth-order valence-electron chi connectivity index (χ4n) is 3.82. The van der Waals surface area contributed by atoms with Crippen LogP contribution in [0.3, 0.4) is 0 Å². The number of aryl methyl sites for hydroxylation is 2. The van der Waals surface area contributed by atoms with Crippen LogP contribution in [-0.4, -0.2) is 14.9 Å². The molecule has 1 aromatic heterocycles. The monoisotopic (exact) mass is 270 g/mol. The Balaban J connectivity index is 1.75. The lowest BCUT2D eigenvalue weighted by Crippen LogP contribution is -2.19. The number of hydrogen-bond donors (Lipinski definition) is 0. The topological polar surface area (TPSA) is 44.0 Å². The molecule has 0 radical (unpaired) electrons. The molecule has 2 fully saturated rings. The van der Waals surface area contributed by atoms with Crippen LogP contribution in [0.4, 0.5) is 0 Å². The Morgan fingerprint density at radius 3 is 2.40 bits per heavy atom. The van der Waals surface area contributed by atoms with E-state index < -0.39 is 0 Å². The van der Waals surface area contributed by atoms with Gasteiger partial charge in [-0.25, -0.2) is 4.79 Å². The smallest absolute Gasteiger partial charge is 0.295 e. The number of fused-ring (bicyclic) bond motifs is 2. The van der Waals surface area contributed by atoms with Crippen molar-refractivity contribution in [1.29, 1.82) is 0 Å². The lowest BCUT2D eigenvalue weighted by Gasteiger charge is -2.10. The highest BCUT2D eigenvalue weighted by atomic mass is 16.1. The van der Waals surface area contributed by atoms with Crippen molar-refractivity contribution in [3.8, 4) is 0 Å². The molecule has 2 unspecified atom stereocenters. The molecular weight excluding hydrogens is 252 g/mol. The molecule has 2 saturated carbocycles. The molecule has 0 N–H and O–H groups in total. The van der Waals surface area contributed by atoms with Gasteiger partial charge >= 0.3 is 5.69 Å². The molecule has 1 heterocycles. The van der Waals surface area contributed by atoms with Crippen LogP contribution in [0.2, 0.25) is 0 Å². The van der Waals surface area contributed by atoms with Gasteiger partial charge in [-0.2, -0.15) is 0 Å². The summed E-state index contributed by atoms with van der Waals surface area (Å²) in [6, 6.07) is 5.64. The highest BCUT2D eigenvalue weighted by molar-refractivity contribution is 6.00. The van der Waals surface area contributed by atoms with Crippen molar-refractivity contribution in [3.63, 3.8) is 0 Å². The van der Waals surface area contributed by atoms with Crippen LogP contribution in [0.1, 0.15) is 29.6 Å². The van der Waals surface area contributed by atoms with E-state index in [9.17, 15) is 9.59 Å². The first-order valence-corrected chi connectivity index (χ1v) is 7.26. The Hall–Kier alpha value is -1.84. The SMILES string of the molecule is Cn1c(=O)n(C)c2cc(C(=O)C3CC4CC4C3)ccc21. The molecule has 4 rings (SSSR count). The van der Waals surface area contributed by atoms with Crippen LogP contribution in [-0.2, 0) is 14.1 Å². The molecule has 1 aromatic carbocycles. The van der Waals surface area contributed by atoms with E-state index in [1.165, 1.54) is 6.42 Å². The lowest BCUT2D eigenvalue weighted by atomic mass is 9.93. The zero-order valence-electron chi connectivity index (χ0n) is 11.8. The van der Waals surface area contributed by atoms with Crippen molar-refractivity contribution in [2.75, 3.05) is 0 Å². The summed E-state index contributed by atoms with van der Waals surface area (Å²) >= 11 is 0. The molecule has 2 aliphatic rings. The van der Waals surface area contributed by atoms with Gasteiger partial charge in [-0.3, -0.25) is 13.9 Å². The first-order valence-electron chi connectivity index (χ1n) is 7.26. The standard InChI is InChI=1S/C16H18N2O2/c1-17-13-4-3-9(8-14(13)18(2)16(17)20)15(19)12-6-10-5-11(10)7-12/h3-4,8,10-12H,5-7H2,1-2H3. The molecular formula is C16H18N2O2. The number of ketones is 1. The van der Waals surface area contributed by atoms with Gasteiger partial charge in [0, 0.05) is 25.6 Å². The van der Waals surface area contributed by atoms with E-state index >= 15 is 0 Å². The van der Waals surface area contributed by atoms with Crippen LogP contribution in [0, 0.1) is 17.8 Å². The molecule has 2 atom stereocenters. The van der Waals surface area contributed by atoms with Crippen molar-refractivity contribution in [2.24, 2.45) is 31.8 Å². The number of hydrogen-bond acceptors (Lipinski definition) is 2. The predicted octanol–water partition coefficient (Wildman–Crippen LogP) is 2.11. The predicted molar refractivity (Wildman–Crippen MR) is 76.8 cm³/mol. The van der Waals surface area contributed by atoms with Gasteiger partial charge in [0.25, 0.3) is 0 Å². The Bertz CT molecular complexity index is 774. The zero-order valence-corrected chi connectivity index (χ0v) is 11.8. The van der Waals surface area contributed by atoms with E-state index in [1.807, 2.05) is 18.2 Å². The quantitative estimate of drug-likeness (QED) is 0.784. The molecule has 20 heavy (non-hydrogen) atoms. The van der Waals surface area contributed by atoms with E-state index in [0.29, 0.717) is 0 Å². The van der Waals surface area contributed by atoms with E-state index in [1.54, 1.807) is 23.2 Å². The second-order valence-corrected chi connectivity index (χ2v) is 6.39. The molecule has 0 aliphatic heterocycles. The number of carbonyl (C=O) groups excluding carboxylic acids is 1. The second-order valence-electron chi connectivity index (χ2n) is 6.39. The average Bonchev–Trinajstić information content (AvgIpc) is 3.02. The van der Waals surface area contributed by atoms with Crippen molar-refractivity contribution in [3.05, 3.63) is 34.2 Å². The van der Waals surface area contributed by atoms with E-state index in [0.717, 1.165) is 41.3 Å². The third-order valence-electron chi connectivity index (χ3n) is 5.17. The first-order chi connectivity index (χ1) is 9.56. The highest BCUT2D eigenvalue weighted by Crippen LogP contribution is 2.54. The molecule has 2 aromatic rings. The van der Waals surface area contributed by atoms with Crippen molar-refractivity contribution in [2.45, 2.75) is 19.3 Å². The fraction of sp³-hybridized carbons (Fsp3) is 0.500. The summed E-state index contributed by atoms with van der Waals surface area (Å²) in [6.07, 6.45) is 3.46. The number of benzene rings is 1. The van der Waals surface area contributed by atoms with Gasteiger partial charge < -0.3 is 0 Å². The Labute approximate surface area is 117 Å². The minimum Gasteiger partial charge on any atom is -0.295 e. The Morgan fingerprint density at radius 2 is 1.70 bits per heavy atom. The Morgan fingerprint density at radius 1 is 1.05 bits per heavy atom. The van der Waals surface area contributed by atoms with Gasteiger partial charge in [0.2, 0.25) is 0 Å². The van der Waals surface area contributed by atoms with Gasteiger partial charge in [-0.15, -0.1) is 0 Å². The lowest BCUT2D eigenvalue weighted by molar-refractivity contribution is 0.0914. The summed E-state index contributed by atoms with van der Waals surface area (Å²) in [5.74, 6) is 2.09. The van der Waals surface area contributed by atoms with Crippen molar-refractivity contribution >= 4 is 16.8 Å². The highest BCUT2D eigenvalue weighted by Gasteiger charge is 2.47. The van der Waals surface area contributed by atoms with Gasteiger partial charge in [0.15, 0.2) is 5.78 Å². The summed E-state index contributed by atoms with van der Waals surface area (Å²) in [5.41, 5.74) is 2.42. The third-order valence-corrected chi connectivity index (χ3v) is 5.17. The largest absolute Gasteiger partial charge is 0.328 e. The minimum absolute atomic E-state index is 0.0493. The summed E-state index contributed by atoms with van der Waals surface area (Å²) in [7, 11) is 3.51. The van der Waals surface area contributed by atoms with E-state index in [2.05, 4.69) is 0 Å². The molecule has 0 saturated heterocycles. The maximum Gasteiger partial charge on any atom is 0.328 e. The average molecular weight is 270 g/mol. The summed E-state index contributed by atoms with van der Waals surface area (Å²) in [5, 5.41) is 0. The number of aromatic nitrogens is 2. The normalized spacial score (nSPS) is 27.8.